The number of imide groups is 2. The average molecular weight is 372 g/mol. The smallest absolute Gasteiger partial charge is 0.336 e. The van der Waals surface area contributed by atoms with Crippen LogP contribution in [0.5, 0.6) is 5.75 Å². The molecule has 138 valence electrons. The minimum Gasteiger partial charge on any atom is -0.495 e. The number of hydrogen-bond acceptors (Lipinski definition) is 4. The van der Waals surface area contributed by atoms with Gasteiger partial charge in [0.1, 0.15) is 11.3 Å². The van der Waals surface area contributed by atoms with Crippen LogP contribution in [0.2, 0.25) is 0 Å². The maximum absolute atomic E-state index is 13.1. The molecule has 0 unspecified atom stereocenters. The fraction of sp³-hybridized carbons (Fsp3) is 0.0455. The molecule has 4 rings (SSSR count). The van der Waals surface area contributed by atoms with E-state index in [0.29, 0.717) is 11.3 Å². The SMILES string of the molecule is COc1ccccc1N1C(=O)NC(=O)/C(=C/c2cccc3ccccc23)C1=O. The Hall–Kier alpha value is -3.93. The highest BCUT2D eigenvalue weighted by Gasteiger charge is 2.38. The van der Waals surface area contributed by atoms with Crippen LogP contribution in [0.15, 0.2) is 72.3 Å². The lowest BCUT2D eigenvalue weighted by atomic mass is 10.0. The van der Waals surface area contributed by atoms with Crippen molar-refractivity contribution >= 4 is 40.4 Å². The summed E-state index contributed by atoms with van der Waals surface area (Å²) >= 11 is 0. The monoisotopic (exact) mass is 372 g/mol. The van der Waals surface area contributed by atoms with Crippen molar-refractivity contribution in [2.24, 2.45) is 0 Å². The predicted molar refractivity (Wildman–Crippen MR) is 106 cm³/mol. The van der Waals surface area contributed by atoms with E-state index >= 15 is 0 Å². The number of benzene rings is 3. The van der Waals surface area contributed by atoms with Gasteiger partial charge >= 0.3 is 6.03 Å². The molecule has 3 aromatic carbocycles. The summed E-state index contributed by atoms with van der Waals surface area (Å²) in [5, 5.41) is 4.12. The van der Waals surface area contributed by atoms with Gasteiger partial charge in [-0.3, -0.25) is 14.9 Å². The van der Waals surface area contributed by atoms with Crippen LogP contribution in [0, 0.1) is 0 Å². The average Bonchev–Trinajstić information content (AvgIpc) is 2.71. The summed E-state index contributed by atoms with van der Waals surface area (Å²) in [4.78, 5) is 38.8. The van der Waals surface area contributed by atoms with E-state index in [2.05, 4.69) is 5.32 Å². The Bertz CT molecular complexity index is 1140. The Morgan fingerprint density at radius 2 is 1.61 bits per heavy atom. The molecule has 0 bridgehead atoms. The molecular formula is C22H16N2O4. The Morgan fingerprint density at radius 3 is 2.43 bits per heavy atom. The van der Waals surface area contributed by atoms with Crippen molar-refractivity contribution in [3.05, 3.63) is 77.9 Å². The van der Waals surface area contributed by atoms with Gasteiger partial charge < -0.3 is 4.74 Å². The molecule has 0 aromatic heterocycles. The number of hydrogen-bond donors (Lipinski definition) is 1. The number of nitrogens with one attached hydrogen (secondary N) is 1. The minimum absolute atomic E-state index is 0.123. The number of para-hydroxylation sites is 2. The second-order valence-electron chi connectivity index (χ2n) is 6.20. The highest BCUT2D eigenvalue weighted by atomic mass is 16.5. The van der Waals surface area contributed by atoms with Crippen molar-refractivity contribution in [3.63, 3.8) is 0 Å². The van der Waals surface area contributed by atoms with Gasteiger partial charge in [0.25, 0.3) is 11.8 Å². The number of fused-ring (bicyclic) bond motifs is 1. The first-order valence-corrected chi connectivity index (χ1v) is 8.62. The summed E-state index contributed by atoms with van der Waals surface area (Å²) in [5.74, 6) is -1.08. The Labute approximate surface area is 161 Å². The zero-order valence-corrected chi connectivity index (χ0v) is 15.0. The molecule has 0 atom stereocenters. The Morgan fingerprint density at radius 1 is 0.893 bits per heavy atom. The molecule has 1 fully saturated rings. The summed E-state index contributed by atoms with van der Waals surface area (Å²) in [5.41, 5.74) is 0.858. The topological polar surface area (TPSA) is 75.7 Å². The number of anilines is 1. The highest BCUT2D eigenvalue weighted by Crippen LogP contribution is 2.31. The van der Waals surface area contributed by atoms with Crippen molar-refractivity contribution in [2.75, 3.05) is 12.0 Å². The molecule has 0 spiro atoms. The predicted octanol–water partition coefficient (Wildman–Crippen LogP) is 3.51. The maximum atomic E-state index is 13.1. The second-order valence-corrected chi connectivity index (χ2v) is 6.20. The van der Waals surface area contributed by atoms with Gasteiger partial charge in [0.2, 0.25) is 0 Å². The molecule has 1 aliphatic rings. The third-order valence-corrected chi connectivity index (χ3v) is 4.55. The van der Waals surface area contributed by atoms with E-state index in [9.17, 15) is 14.4 Å². The Kier molecular flexibility index (Phi) is 4.37. The number of carbonyl (C=O) groups is 3. The quantitative estimate of drug-likeness (QED) is 0.564. The Balaban J connectivity index is 1.83. The van der Waals surface area contributed by atoms with Crippen molar-refractivity contribution in [3.8, 4) is 5.75 Å². The van der Waals surface area contributed by atoms with Crippen molar-refractivity contribution < 1.29 is 19.1 Å². The standard InChI is InChI=1S/C22H16N2O4/c1-28-19-12-5-4-11-18(19)24-21(26)17(20(25)23-22(24)27)13-15-9-6-8-14-7-2-3-10-16(14)15/h2-13H,1H3,(H,23,25,27)/b17-13-. The minimum atomic E-state index is -0.811. The summed E-state index contributed by atoms with van der Waals surface area (Å²) in [6.45, 7) is 0. The van der Waals surface area contributed by atoms with Crippen LogP contribution >= 0.6 is 0 Å². The zero-order chi connectivity index (χ0) is 19.7. The van der Waals surface area contributed by atoms with Gasteiger partial charge in [-0.2, -0.15) is 0 Å². The van der Waals surface area contributed by atoms with Crippen LogP contribution < -0.4 is 15.0 Å². The highest BCUT2D eigenvalue weighted by molar-refractivity contribution is 6.39. The normalized spacial score (nSPS) is 15.8. The van der Waals surface area contributed by atoms with Crippen LogP contribution in [-0.4, -0.2) is 25.0 Å². The molecule has 0 aliphatic carbocycles. The molecule has 3 aromatic rings. The van der Waals surface area contributed by atoms with E-state index in [1.807, 2.05) is 42.5 Å². The van der Waals surface area contributed by atoms with Crippen molar-refractivity contribution in [2.45, 2.75) is 0 Å². The fourth-order valence-electron chi connectivity index (χ4n) is 3.22. The molecule has 1 saturated heterocycles. The van der Waals surface area contributed by atoms with Gasteiger partial charge in [-0.15, -0.1) is 0 Å². The summed E-state index contributed by atoms with van der Waals surface area (Å²) in [6.07, 6.45) is 1.51. The lowest BCUT2D eigenvalue weighted by Crippen LogP contribution is -2.54. The number of carbonyl (C=O) groups excluding carboxylic acids is 3. The van der Waals surface area contributed by atoms with Gasteiger partial charge in [0.05, 0.1) is 12.8 Å². The molecular weight excluding hydrogens is 356 g/mol. The third kappa shape index (κ3) is 2.91. The molecule has 1 heterocycles. The first-order valence-electron chi connectivity index (χ1n) is 8.62. The molecule has 28 heavy (non-hydrogen) atoms. The first kappa shape index (κ1) is 17.5. The number of urea groups is 1. The van der Waals surface area contributed by atoms with E-state index in [4.69, 9.17) is 4.74 Å². The summed E-state index contributed by atoms with van der Waals surface area (Å²) in [6, 6.07) is 19.1. The van der Waals surface area contributed by atoms with Gasteiger partial charge in [-0.25, -0.2) is 9.69 Å². The lowest BCUT2D eigenvalue weighted by molar-refractivity contribution is -0.122. The zero-order valence-electron chi connectivity index (χ0n) is 15.0. The van der Waals surface area contributed by atoms with Crippen LogP contribution in [0.4, 0.5) is 10.5 Å². The van der Waals surface area contributed by atoms with E-state index in [1.165, 1.54) is 13.2 Å². The molecule has 0 radical (unpaired) electrons. The molecule has 6 nitrogen and oxygen atoms in total. The number of methoxy groups -OCH3 is 1. The first-order chi connectivity index (χ1) is 13.6. The van der Waals surface area contributed by atoms with Gasteiger partial charge in [-0.1, -0.05) is 54.6 Å². The number of ether oxygens (including phenoxy) is 1. The van der Waals surface area contributed by atoms with E-state index in [0.717, 1.165) is 15.7 Å². The molecule has 1 N–H and O–H groups in total. The maximum Gasteiger partial charge on any atom is 0.336 e. The number of nitrogens with zero attached hydrogens (tertiary/aromatic N) is 1. The summed E-state index contributed by atoms with van der Waals surface area (Å²) in [7, 11) is 1.45. The van der Waals surface area contributed by atoms with Crippen LogP contribution in [0.1, 0.15) is 5.56 Å². The van der Waals surface area contributed by atoms with E-state index in [1.54, 1.807) is 24.3 Å². The largest absolute Gasteiger partial charge is 0.495 e. The van der Waals surface area contributed by atoms with Gasteiger partial charge in [0.15, 0.2) is 0 Å². The lowest BCUT2D eigenvalue weighted by Gasteiger charge is -2.27. The summed E-state index contributed by atoms with van der Waals surface area (Å²) < 4.78 is 5.25. The van der Waals surface area contributed by atoms with Crippen LogP contribution in [-0.2, 0) is 9.59 Å². The van der Waals surface area contributed by atoms with Crippen molar-refractivity contribution in [1.29, 1.82) is 0 Å². The number of amides is 4. The molecule has 1 aliphatic heterocycles. The van der Waals surface area contributed by atoms with Gasteiger partial charge in [0, 0.05) is 0 Å². The molecule has 4 amide bonds. The molecule has 6 heteroatoms. The molecule has 0 saturated carbocycles. The van der Waals surface area contributed by atoms with E-state index in [-0.39, 0.29) is 11.3 Å². The van der Waals surface area contributed by atoms with Crippen molar-refractivity contribution in [1.82, 2.24) is 5.32 Å². The van der Waals surface area contributed by atoms with Gasteiger partial charge in [-0.05, 0) is 34.5 Å². The second kappa shape index (κ2) is 7.00. The van der Waals surface area contributed by atoms with E-state index < -0.39 is 17.8 Å². The fourth-order valence-corrected chi connectivity index (χ4v) is 3.22. The third-order valence-electron chi connectivity index (χ3n) is 4.55. The van der Waals surface area contributed by atoms with Crippen LogP contribution in [0.3, 0.4) is 0 Å². The number of barbiturate groups is 1. The van der Waals surface area contributed by atoms with Crippen LogP contribution in [0.25, 0.3) is 16.8 Å². The number of rotatable bonds is 3.